The fourth-order valence-electron chi connectivity index (χ4n) is 0.843. The number of rotatable bonds is 1. The zero-order valence-corrected chi connectivity index (χ0v) is 5.36. The van der Waals surface area contributed by atoms with Crippen LogP contribution in [0.1, 0.15) is 5.56 Å². The molecule has 2 rings (SSSR count). The highest BCUT2D eigenvalue weighted by atomic mass is 14.8. The molecule has 2 nitrogen and oxygen atoms in total. The predicted molar refractivity (Wildman–Crippen MR) is 39.9 cm³/mol. The number of allylic oxidation sites excluding steroid dienone is 1. The van der Waals surface area contributed by atoms with Gasteiger partial charge < -0.3 is 0 Å². The predicted octanol–water partition coefficient (Wildman–Crippen LogP) is 1.40. The number of aliphatic imine (C=N–C) groups is 1. The molecule has 0 bridgehead atoms. The first-order valence-corrected chi connectivity index (χ1v) is 3.11. The molecular weight excluding hydrogens is 124 g/mol. The van der Waals surface area contributed by atoms with Crippen molar-refractivity contribution in [1.82, 2.24) is 4.98 Å². The van der Waals surface area contributed by atoms with E-state index >= 15 is 0 Å². The van der Waals surface area contributed by atoms with Crippen molar-refractivity contribution in [2.24, 2.45) is 4.99 Å². The lowest BCUT2D eigenvalue weighted by Crippen LogP contribution is -2.00. The molecule has 0 spiro atoms. The Labute approximate surface area is 58.9 Å². The molecule has 0 unspecified atom stereocenters. The summed E-state index contributed by atoms with van der Waals surface area (Å²) in [5.41, 5.74) is 2.18. The van der Waals surface area contributed by atoms with Crippen LogP contribution in [-0.2, 0) is 0 Å². The summed E-state index contributed by atoms with van der Waals surface area (Å²) >= 11 is 0. The smallest absolute Gasteiger partial charge is 0.0718 e. The molecular formula is C8H6N2. The third-order valence-corrected chi connectivity index (χ3v) is 1.42. The van der Waals surface area contributed by atoms with E-state index in [1.165, 1.54) is 0 Å². The van der Waals surface area contributed by atoms with E-state index in [0.29, 0.717) is 0 Å². The van der Waals surface area contributed by atoms with Gasteiger partial charge in [0, 0.05) is 24.2 Å². The number of hydrogen-bond acceptors (Lipinski definition) is 2. The highest BCUT2D eigenvalue weighted by Crippen LogP contribution is 2.06. The Hall–Kier alpha value is -1.44. The van der Waals surface area contributed by atoms with Crippen LogP contribution in [0.4, 0.5) is 0 Å². The van der Waals surface area contributed by atoms with Gasteiger partial charge in [-0.15, -0.1) is 0 Å². The van der Waals surface area contributed by atoms with Crippen molar-refractivity contribution in [3.8, 4) is 0 Å². The maximum Gasteiger partial charge on any atom is 0.0718 e. The van der Waals surface area contributed by atoms with Gasteiger partial charge in [0.05, 0.1) is 5.71 Å². The third kappa shape index (κ3) is 0.739. The van der Waals surface area contributed by atoms with Crippen LogP contribution in [0.5, 0.6) is 0 Å². The normalized spacial score (nSPS) is 14.2. The molecule has 0 amide bonds. The van der Waals surface area contributed by atoms with E-state index in [4.69, 9.17) is 0 Å². The molecule has 0 saturated carbocycles. The Kier molecular flexibility index (Phi) is 1.10. The van der Waals surface area contributed by atoms with Gasteiger partial charge in [-0.3, -0.25) is 9.98 Å². The molecule has 0 fully saturated rings. The van der Waals surface area contributed by atoms with Gasteiger partial charge in [0.2, 0.25) is 0 Å². The first-order chi connectivity index (χ1) is 4.97. The summed E-state index contributed by atoms with van der Waals surface area (Å²) in [4.78, 5) is 7.95. The lowest BCUT2D eigenvalue weighted by atomic mass is 10.1. The molecule has 1 aromatic rings. The van der Waals surface area contributed by atoms with Gasteiger partial charge in [-0.05, 0) is 18.2 Å². The standard InChI is InChI=1S/C8H6N2/c1-4-9-5-2-7(1)8-3-6-10-8/h1-6H. The minimum absolute atomic E-state index is 1.04. The average molecular weight is 130 g/mol. The second kappa shape index (κ2) is 2.06. The SMILES string of the molecule is C1=CC(c2ccncc2)=N1. The molecule has 1 aliphatic rings. The topological polar surface area (TPSA) is 25.2 Å². The molecule has 1 aromatic heterocycles. The Morgan fingerprint density at radius 3 is 2.30 bits per heavy atom. The molecule has 2 heterocycles. The summed E-state index contributed by atoms with van der Waals surface area (Å²) in [6.07, 6.45) is 7.30. The lowest BCUT2D eigenvalue weighted by Gasteiger charge is -2.03. The largest absolute Gasteiger partial charge is 0.265 e. The Balaban J connectivity index is 2.35. The van der Waals surface area contributed by atoms with Crippen LogP contribution in [0.3, 0.4) is 0 Å². The van der Waals surface area contributed by atoms with Crippen LogP contribution >= 0.6 is 0 Å². The Morgan fingerprint density at radius 1 is 1.10 bits per heavy atom. The van der Waals surface area contributed by atoms with Gasteiger partial charge in [0.1, 0.15) is 0 Å². The molecule has 0 N–H and O–H groups in total. The van der Waals surface area contributed by atoms with E-state index in [1.54, 1.807) is 18.6 Å². The van der Waals surface area contributed by atoms with E-state index in [1.807, 2.05) is 18.2 Å². The van der Waals surface area contributed by atoms with Gasteiger partial charge in [0.15, 0.2) is 0 Å². The highest BCUT2D eigenvalue weighted by Gasteiger charge is 2.01. The molecule has 2 heteroatoms. The molecule has 48 valence electrons. The quantitative estimate of drug-likeness (QED) is 0.564. The van der Waals surface area contributed by atoms with E-state index in [0.717, 1.165) is 11.3 Å². The van der Waals surface area contributed by atoms with Crippen LogP contribution in [0.2, 0.25) is 0 Å². The minimum Gasteiger partial charge on any atom is -0.265 e. The fraction of sp³-hybridized carbons (Fsp3) is 0. The second-order valence-corrected chi connectivity index (χ2v) is 2.07. The Morgan fingerprint density at radius 2 is 1.80 bits per heavy atom. The van der Waals surface area contributed by atoms with Crippen LogP contribution in [0, 0.1) is 0 Å². The van der Waals surface area contributed by atoms with E-state index in [9.17, 15) is 0 Å². The molecule has 0 aliphatic carbocycles. The van der Waals surface area contributed by atoms with Crippen LogP contribution < -0.4 is 0 Å². The number of hydrogen-bond donors (Lipinski definition) is 0. The maximum absolute atomic E-state index is 4.05. The minimum atomic E-state index is 1.04. The van der Waals surface area contributed by atoms with Crippen LogP contribution in [0.25, 0.3) is 0 Å². The first kappa shape index (κ1) is 5.35. The molecule has 0 saturated heterocycles. The molecule has 0 atom stereocenters. The second-order valence-electron chi connectivity index (χ2n) is 2.07. The van der Waals surface area contributed by atoms with E-state index in [-0.39, 0.29) is 0 Å². The van der Waals surface area contributed by atoms with Crippen molar-refractivity contribution in [3.05, 3.63) is 42.4 Å². The van der Waals surface area contributed by atoms with E-state index < -0.39 is 0 Å². The molecule has 1 aliphatic heterocycles. The van der Waals surface area contributed by atoms with Crippen LogP contribution in [0.15, 0.2) is 41.8 Å². The zero-order chi connectivity index (χ0) is 6.81. The number of pyridine rings is 1. The van der Waals surface area contributed by atoms with Crippen molar-refractivity contribution >= 4 is 5.71 Å². The maximum atomic E-state index is 4.05. The summed E-state index contributed by atoms with van der Waals surface area (Å²) in [5.74, 6) is 0. The lowest BCUT2D eigenvalue weighted by molar-refractivity contribution is 1.31. The third-order valence-electron chi connectivity index (χ3n) is 1.42. The van der Waals surface area contributed by atoms with Gasteiger partial charge in [-0.25, -0.2) is 0 Å². The van der Waals surface area contributed by atoms with Crippen molar-refractivity contribution in [2.75, 3.05) is 0 Å². The fourth-order valence-corrected chi connectivity index (χ4v) is 0.843. The van der Waals surface area contributed by atoms with Crippen molar-refractivity contribution in [3.63, 3.8) is 0 Å². The molecule has 10 heavy (non-hydrogen) atoms. The van der Waals surface area contributed by atoms with Crippen molar-refractivity contribution in [1.29, 1.82) is 0 Å². The zero-order valence-electron chi connectivity index (χ0n) is 5.36. The summed E-state index contributed by atoms with van der Waals surface area (Å²) < 4.78 is 0. The average Bonchev–Trinajstić information content (AvgIpc) is 1.86. The Bertz CT molecular complexity index is 285. The number of aromatic nitrogens is 1. The number of nitrogens with zero attached hydrogens (tertiary/aromatic N) is 2. The summed E-state index contributed by atoms with van der Waals surface area (Å²) in [6.45, 7) is 0. The highest BCUT2D eigenvalue weighted by molar-refractivity contribution is 6.11. The molecule has 0 radical (unpaired) electrons. The van der Waals surface area contributed by atoms with Gasteiger partial charge in [-0.1, -0.05) is 0 Å². The summed E-state index contributed by atoms with van der Waals surface area (Å²) in [6, 6.07) is 3.89. The van der Waals surface area contributed by atoms with Crippen molar-refractivity contribution < 1.29 is 0 Å². The van der Waals surface area contributed by atoms with Gasteiger partial charge in [0.25, 0.3) is 0 Å². The van der Waals surface area contributed by atoms with Gasteiger partial charge in [-0.2, -0.15) is 0 Å². The summed E-state index contributed by atoms with van der Waals surface area (Å²) in [7, 11) is 0. The monoisotopic (exact) mass is 130 g/mol. The van der Waals surface area contributed by atoms with Crippen molar-refractivity contribution in [2.45, 2.75) is 0 Å². The first-order valence-electron chi connectivity index (χ1n) is 3.11. The molecule has 0 aromatic carbocycles. The van der Waals surface area contributed by atoms with E-state index in [2.05, 4.69) is 9.98 Å². The summed E-state index contributed by atoms with van der Waals surface area (Å²) in [5, 5.41) is 0. The van der Waals surface area contributed by atoms with Gasteiger partial charge >= 0.3 is 0 Å². The van der Waals surface area contributed by atoms with Crippen LogP contribution in [-0.4, -0.2) is 10.7 Å².